The van der Waals surface area contributed by atoms with E-state index in [1.807, 2.05) is 0 Å². The minimum atomic E-state index is 0.237. The Kier molecular flexibility index (Phi) is 2.59. The summed E-state index contributed by atoms with van der Waals surface area (Å²) in [6.45, 7) is 7.67. The van der Waals surface area contributed by atoms with Crippen LogP contribution in [0.15, 0.2) is 18.2 Å². The zero-order chi connectivity index (χ0) is 10.9. The normalized spacial score (nSPS) is 17.5. The van der Waals surface area contributed by atoms with Crippen molar-refractivity contribution in [2.45, 2.75) is 39.2 Å². The fraction of sp³-hybridized carbons (Fsp3) is 0.538. The molecule has 0 saturated carbocycles. The number of fused-ring (bicyclic) bond motifs is 1. The van der Waals surface area contributed by atoms with Gasteiger partial charge in [0.1, 0.15) is 0 Å². The molecule has 2 heteroatoms. The monoisotopic (exact) mass is 204 g/mol. The molecule has 1 heterocycles. The molecular weight excluding hydrogens is 184 g/mol. The Bertz CT molecular complexity index is 354. The van der Waals surface area contributed by atoms with E-state index in [4.69, 9.17) is 0 Å². The van der Waals surface area contributed by atoms with Gasteiger partial charge in [-0.25, -0.2) is 0 Å². The van der Waals surface area contributed by atoms with E-state index < -0.39 is 0 Å². The molecule has 0 spiro atoms. The van der Waals surface area contributed by atoms with Crippen molar-refractivity contribution in [3.63, 3.8) is 0 Å². The van der Waals surface area contributed by atoms with Gasteiger partial charge in [-0.2, -0.15) is 0 Å². The van der Waals surface area contributed by atoms with Crippen LogP contribution < -0.4 is 10.6 Å². The highest BCUT2D eigenvalue weighted by Gasteiger charge is 2.30. The van der Waals surface area contributed by atoms with E-state index in [1.54, 1.807) is 0 Å². The van der Waals surface area contributed by atoms with Gasteiger partial charge in [0, 0.05) is 6.54 Å². The molecule has 0 bridgehead atoms. The summed E-state index contributed by atoms with van der Waals surface area (Å²) in [5.74, 6) is 0. The number of benzene rings is 1. The second-order valence-corrected chi connectivity index (χ2v) is 4.46. The average Bonchev–Trinajstić information content (AvgIpc) is 2.29. The second-order valence-electron chi connectivity index (χ2n) is 4.46. The molecule has 1 aliphatic rings. The van der Waals surface area contributed by atoms with Crippen LogP contribution in [0.3, 0.4) is 0 Å². The summed E-state index contributed by atoms with van der Waals surface area (Å²) in [6, 6.07) is 6.43. The smallest absolute Gasteiger partial charge is 0.0606 e. The minimum absolute atomic E-state index is 0.237. The molecule has 0 aliphatic carbocycles. The van der Waals surface area contributed by atoms with Gasteiger partial charge in [-0.15, -0.1) is 0 Å². The number of para-hydroxylation sites is 1. The van der Waals surface area contributed by atoms with Crippen molar-refractivity contribution >= 4 is 11.4 Å². The molecule has 1 aliphatic heterocycles. The Balaban J connectivity index is 2.34. The highest BCUT2D eigenvalue weighted by atomic mass is 15.1. The first-order valence-electron chi connectivity index (χ1n) is 5.82. The molecule has 0 unspecified atom stereocenters. The summed E-state index contributed by atoms with van der Waals surface area (Å²) in [5.41, 5.74) is 4.08. The fourth-order valence-electron chi connectivity index (χ4n) is 2.27. The van der Waals surface area contributed by atoms with Gasteiger partial charge in [0.05, 0.1) is 16.9 Å². The number of aryl methyl sites for hydroxylation is 1. The lowest BCUT2D eigenvalue weighted by Gasteiger charge is -2.40. The van der Waals surface area contributed by atoms with E-state index >= 15 is 0 Å². The molecule has 0 fully saturated rings. The standard InChI is InChI=1S/C13H20N2/c1-4-13(5-2)9-14-12-10(3)7-6-8-11(12)15-13/h6-8,14-15H,4-5,9H2,1-3H3. The maximum absolute atomic E-state index is 3.69. The van der Waals surface area contributed by atoms with Crippen LogP contribution in [0, 0.1) is 6.92 Å². The molecule has 82 valence electrons. The maximum Gasteiger partial charge on any atom is 0.0606 e. The van der Waals surface area contributed by atoms with E-state index in [1.165, 1.54) is 16.9 Å². The molecule has 2 rings (SSSR count). The molecule has 0 amide bonds. The molecule has 0 saturated heterocycles. The van der Waals surface area contributed by atoms with Crippen molar-refractivity contribution in [1.82, 2.24) is 0 Å². The van der Waals surface area contributed by atoms with E-state index in [2.05, 4.69) is 49.6 Å². The number of hydrogen-bond acceptors (Lipinski definition) is 2. The van der Waals surface area contributed by atoms with E-state index in [-0.39, 0.29) is 5.54 Å². The first-order chi connectivity index (χ1) is 7.21. The lowest BCUT2D eigenvalue weighted by molar-refractivity contribution is 0.451. The number of rotatable bonds is 2. The number of anilines is 2. The summed E-state index contributed by atoms with van der Waals surface area (Å²) in [6.07, 6.45) is 2.31. The molecule has 1 aromatic rings. The molecular formula is C13H20N2. The van der Waals surface area contributed by atoms with Crippen LogP contribution in [0.2, 0.25) is 0 Å². The van der Waals surface area contributed by atoms with Crippen LogP contribution in [-0.4, -0.2) is 12.1 Å². The van der Waals surface area contributed by atoms with Crippen LogP contribution in [-0.2, 0) is 0 Å². The number of hydrogen-bond donors (Lipinski definition) is 2. The van der Waals surface area contributed by atoms with Gasteiger partial charge in [-0.05, 0) is 31.4 Å². The predicted octanol–water partition coefficient (Wildman–Crippen LogP) is 3.39. The van der Waals surface area contributed by atoms with Gasteiger partial charge in [0.15, 0.2) is 0 Å². The number of nitrogens with one attached hydrogen (secondary N) is 2. The SMILES string of the molecule is CCC1(CC)CNc2c(C)cccc2N1. The van der Waals surface area contributed by atoms with Crippen molar-refractivity contribution in [3.8, 4) is 0 Å². The topological polar surface area (TPSA) is 24.1 Å². The first kappa shape index (κ1) is 10.3. The first-order valence-corrected chi connectivity index (χ1v) is 5.82. The minimum Gasteiger partial charge on any atom is -0.381 e. The molecule has 2 nitrogen and oxygen atoms in total. The summed E-state index contributed by atoms with van der Waals surface area (Å²) < 4.78 is 0. The lowest BCUT2D eigenvalue weighted by atomic mass is 9.89. The van der Waals surface area contributed by atoms with Gasteiger partial charge in [0.2, 0.25) is 0 Å². The fourth-order valence-corrected chi connectivity index (χ4v) is 2.27. The summed E-state index contributed by atoms with van der Waals surface area (Å²) >= 11 is 0. The summed E-state index contributed by atoms with van der Waals surface area (Å²) in [7, 11) is 0. The quantitative estimate of drug-likeness (QED) is 0.771. The van der Waals surface area contributed by atoms with E-state index in [9.17, 15) is 0 Å². The van der Waals surface area contributed by atoms with Crippen LogP contribution in [0.4, 0.5) is 11.4 Å². The van der Waals surface area contributed by atoms with Crippen molar-refractivity contribution in [3.05, 3.63) is 23.8 Å². The Labute approximate surface area is 92.1 Å². The molecule has 0 atom stereocenters. The van der Waals surface area contributed by atoms with Gasteiger partial charge < -0.3 is 10.6 Å². The Morgan fingerprint density at radius 3 is 2.67 bits per heavy atom. The molecule has 0 radical (unpaired) electrons. The van der Waals surface area contributed by atoms with Crippen LogP contribution in [0.25, 0.3) is 0 Å². The zero-order valence-corrected chi connectivity index (χ0v) is 9.85. The predicted molar refractivity (Wildman–Crippen MR) is 66.6 cm³/mol. The van der Waals surface area contributed by atoms with Crippen molar-refractivity contribution in [1.29, 1.82) is 0 Å². The maximum atomic E-state index is 3.69. The van der Waals surface area contributed by atoms with Crippen LogP contribution >= 0.6 is 0 Å². The van der Waals surface area contributed by atoms with E-state index in [0.29, 0.717) is 0 Å². The summed E-state index contributed by atoms with van der Waals surface area (Å²) in [4.78, 5) is 0. The second kappa shape index (κ2) is 3.76. The lowest BCUT2D eigenvalue weighted by Crippen LogP contribution is -2.46. The van der Waals surface area contributed by atoms with Crippen molar-refractivity contribution in [2.75, 3.05) is 17.2 Å². The zero-order valence-electron chi connectivity index (χ0n) is 9.85. The van der Waals surface area contributed by atoms with Gasteiger partial charge in [-0.1, -0.05) is 26.0 Å². The Morgan fingerprint density at radius 2 is 2.00 bits per heavy atom. The highest BCUT2D eigenvalue weighted by molar-refractivity contribution is 5.75. The molecule has 1 aromatic carbocycles. The molecule has 2 N–H and O–H groups in total. The largest absolute Gasteiger partial charge is 0.381 e. The molecule has 15 heavy (non-hydrogen) atoms. The third kappa shape index (κ3) is 1.69. The summed E-state index contributed by atoms with van der Waals surface area (Å²) in [5, 5.41) is 7.25. The van der Waals surface area contributed by atoms with Gasteiger partial charge in [-0.3, -0.25) is 0 Å². The third-order valence-corrected chi connectivity index (χ3v) is 3.63. The molecule has 0 aromatic heterocycles. The van der Waals surface area contributed by atoms with E-state index in [0.717, 1.165) is 19.4 Å². The van der Waals surface area contributed by atoms with Crippen molar-refractivity contribution in [2.24, 2.45) is 0 Å². The van der Waals surface area contributed by atoms with Gasteiger partial charge in [0.25, 0.3) is 0 Å². The third-order valence-electron chi connectivity index (χ3n) is 3.63. The Hall–Kier alpha value is -1.18. The average molecular weight is 204 g/mol. The van der Waals surface area contributed by atoms with Gasteiger partial charge >= 0.3 is 0 Å². The van der Waals surface area contributed by atoms with Crippen LogP contribution in [0.5, 0.6) is 0 Å². The Morgan fingerprint density at radius 1 is 1.27 bits per heavy atom. The van der Waals surface area contributed by atoms with Crippen molar-refractivity contribution < 1.29 is 0 Å². The van der Waals surface area contributed by atoms with Crippen LogP contribution in [0.1, 0.15) is 32.3 Å². The highest BCUT2D eigenvalue weighted by Crippen LogP contribution is 2.35.